The minimum Gasteiger partial charge on any atom is -0.497 e. The van der Waals surface area contributed by atoms with Gasteiger partial charge in [0.15, 0.2) is 5.15 Å². The van der Waals surface area contributed by atoms with Gasteiger partial charge in [0, 0.05) is 18.5 Å². The van der Waals surface area contributed by atoms with Crippen LogP contribution in [0.25, 0.3) is 11.0 Å². The lowest BCUT2D eigenvalue weighted by molar-refractivity contribution is -0.168. The number of carbonyl (C=O) groups is 2. The molecule has 1 aliphatic heterocycles. The number of esters is 1. The molecule has 2 N–H and O–H groups in total. The van der Waals surface area contributed by atoms with Crippen molar-refractivity contribution in [2.45, 2.75) is 124 Å². The monoisotopic (exact) mass is 702 g/mol. The quantitative estimate of drug-likeness (QED) is 0.121. The molecular formula is C37H55ClN4O7. The highest BCUT2D eigenvalue weighted by Crippen LogP contribution is 2.40. The van der Waals surface area contributed by atoms with Crippen LogP contribution in [-0.4, -0.2) is 81.8 Å². The summed E-state index contributed by atoms with van der Waals surface area (Å²) in [5, 5.41) is 15.2. The number of rotatable bonds is 14. The van der Waals surface area contributed by atoms with Crippen molar-refractivity contribution in [2.75, 3.05) is 13.7 Å². The van der Waals surface area contributed by atoms with Crippen molar-refractivity contribution in [1.82, 2.24) is 20.2 Å². The molecule has 1 unspecified atom stereocenters. The van der Waals surface area contributed by atoms with E-state index in [1.54, 1.807) is 30.2 Å². The first-order chi connectivity index (χ1) is 22.9. The number of alkyl carbamates (subject to hydrolysis) is 1. The number of aliphatic hydroxyl groups excluding tert-OH is 1. The Labute approximate surface area is 296 Å². The maximum Gasteiger partial charge on any atom is 0.407 e. The normalized spacial score (nSPS) is 24.0. The second-order valence-corrected chi connectivity index (χ2v) is 16.2. The van der Waals surface area contributed by atoms with E-state index in [0.717, 1.165) is 25.7 Å². The zero-order chi connectivity index (χ0) is 36.3. The molecular weight excluding hydrogens is 648 g/mol. The number of benzene rings is 1. The SMILES string of the molecule is C=CCCC[C@@H]1C[C@H]1OC(=O)N[C@H](C(O)N1C[C@H](Oc2nc3cc(OC)ccc3nc2Cl)[C@@H](CC(C)C)[C@H]1C(=O)OC(C)(C)C)C(C)(C)C. The van der Waals surface area contributed by atoms with Crippen molar-refractivity contribution in [1.29, 1.82) is 0 Å². The number of nitrogens with one attached hydrogen (secondary N) is 1. The molecule has 0 radical (unpaired) electrons. The Balaban J connectivity index is 1.64. The molecule has 4 rings (SSSR count). The third kappa shape index (κ3) is 10.2. The predicted molar refractivity (Wildman–Crippen MR) is 190 cm³/mol. The van der Waals surface area contributed by atoms with Crippen molar-refractivity contribution < 1.29 is 33.6 Å². The van der Waals surface area contributed by atoms with Gasteiger partial charge in [-0.15, -0.1) is 6.58 Å². The first-order valence-electron chi connectivity index (χ1n) is 17.3. The molecule has 7 atom stereocenters. The van der Waals surface area contributed by atoms with E-state index in [4.69, 9.17) is 30.5 Å². The highest BCUT2D eigenvalue weighted by molar-refractivity contribution is 6.31. The molecule has 2 aromatic rings. The second kappa shape index (κ2) is 15.8. The molecule has 1 amide bonds. The van der Waals surface area contributed by atoms with Crippen molar-refractivity contribution in [2.24, 2.45) is 23.2 Å². The van der Waals surface area contributed by atoms with Gasteiger partial charge < -0.3 is 29.4 Å². The van der Waals surface area contributed by atoms with Gasteiger partial charge in [0.05, 0.1) is 24.2 Å². The first-order valence-corrected chi connectivity index (χ1v) is 17.7. The van der Waals surface area contributed by atoms with Gasteiger partial charge in [-0.2, -0.15) is 0 Å². The molecule has 1 saturated heterocycles. The fraction of sp³-hybridized carbons (Fsp3) is 0.676. The molecule has 2 aliphatic rings. The van der Waals surface area contributed by atoms with Crippen LogP contribution in [0, 0.1) is 23.2 Å². The van der Waals surface area contributed by atoms with Gasteiger partial charge in [0.1, 0.15) is 35.8 Å². The number of hydrogen-bond acceptors (Lipinski definition) is 10. The van der Waals surface area contributed by atoms with E-state index in [-0.39, 0.29) is 29.6 Å². The maximum atomic E-state index is 14.1. The number of aliphatic hydroxyl groups is 1. The zero-order valence-electron chi connectivity index (χ0n) is 30.5. The van der Waals surface area contributed by atoms with Crippen molar-refractivity contribution in [3.63, 3.8) is 0 Å². The number of ether oxygens (including phenoxy) is 4. The summed E-state index contributed by atoms with van der Waals surface area (Å²) in [6.07, 6.45) is 3.54. The summed E-state index contributed by atoms with van der Waals surface area (Å²) in [7, 11) is 1.57. The number of halogens is 1. The molecule has 11 nitrogen and oxygen atoms in total. The molecule has 2 heterocycles. The Bertz CT molecular complexity index is 1470. The lowest BCUT2D eigenvalue weighted by Crippen LogP contribution is -2.60. The van der Waals surface area contributed by atoms with E-state index in [9.17, 15) is 14.7 Å². The molecule has 49 heavy (non-hydrogen) atoms. The first kappa shape index (κ1) is 38.6. The fourth-order valence-corrected chi connectivity index (χ4v) is 6.74. The minimum absolute atomic E-state index is 0.0774. The van der Waals surface area contributed by atoms with E-state index in [1.807, 2.05) is 47.6 Å². The summed E-state index contributed by atoms with van der Waals surface area (Å²) in [4.78, 5) is 38.1. The van der Waals surface area contributed by atoms with Crippen LogP contribution in [0.1, 0.15) is 87.5 Å². The van der Waals surface area contributed by atoms with E-state index in [1.165, 1.54) is 0 Å². The van der Waals surface area contributed by atoms with Gasteiger partial charge in [0.2, 0.25) is 0 Å². The summed E-state index contributed by atoms with van der Waals surface area (Å²) in [5.41, 5.74) is -0.291. The molecule has 2 fully saturated rings. The highest BCUT2D eigenvalue weighted by Gasteiger charge is 2.53. The van der Waals surface area contributed by atoms with Crippen molar-refractivity contribution in [3.8, 4) is 11.6 Å². The minimum atomic E-state index is -1.29. The third-order valence-electron chi connectivity index (χ3n) is 9.03. The summed E-state index contributed by atoms with van der Waals surface area (Å²) in [6.45, 7) is 19.2. The standard InChI is InChI=1S/C37H55ClN4O7/c1-11-12-13-14-22-18-27(22)48-35(45)41-30(36(4,5)6)33(43)42-20-28(24(17-21(2)3)29(42)34(44)49-37(7,8)9)47-32-31(38)39-25-16-15-23(46-10)19-26(25)40-32/h11,15-16,19,21-22,24,27-30,33,43H,1,12-14,17-18,20H2,2-10H3,(H,41,45)/t22-,24-,27-,28+,29+,30-,33?/m1/s1. The van der Waals surface area contributed by atoms with Gasteiger partial charge in [0.25, 0.3) is 5.88 Å². The number of fused-ring (bicyclic) bond motifs is 1. The Morgan fingerprint density at radius 2 is 1.86 bits per heavy atom. The Morgan fingerprint density at radius 1 is 1.14 bits per heavy atom. The average molecular weight is 703 g/mol. The molecule has 0 spiro atoms. The van der Waals surface area contributed by atoms with Crippen molar-refractivity contribution in [3.05, 3.63) is 36.0 Å². The number of carbonyl (C=O) groups excluding carboxylic acids is 2. The van der Waals surface area contributed by atoms with E-state index >= 15 is 0 Å². The van der Waals surface area contributed by atoms with Gasteiger partial charge >= 0.3 is 12.1 Å². The van der Waals surface area contributed by atoms with Gasteiger partial charge in [-0.3, -0.25) is 9.69 Å². The molecule has 1 aliphatic carbocycles. The Morgan fingerprint density at radius 3 is 2.47 bits per heavy atom. The molecule has 12 heteroatoms. The van der Waals surface area contributed by atoms with Gasteiger partial charge in [-0.05, 0) is 82.3 Å². The molecule has 1 aromatic carbocycles. The summed E-state index contributed by atoms with van der Waals surface area (Å²) in [5.74, 6) is 0.321. The second-order valence-electron chi connectivity index (χ2n) is 15.9. The molecule has 1 aromatic heterocycles. The number of hydrogen-bond donors (Lipinski definition) is 2. The number of methoxy groups -OCH3 is 1. The summed E-state index contributed by atoms with van der Waals surface area (Å²) >= 11 is 6.60. The topological polar surface area (TPSA) is 132 Å². The van der Waals surface area contributed by atoms with E-state index < -0.39 is 53.4 Å². The lowest BCUT2D eigenvalue weighted by atomic mass is 9.84. The Kier molecular flexibility index (Phi) is 12.5. The smallest absolute Gasteiger partial charge is 0.407 e. The van der Waals surface area contributed by atoms with Crippen LogP contribution < -0.4 is 14.8 Å². The highest BCUT2D eigenvalue weighted by atomic mass is 35.5. The average Bonchev–Trinajstić information content (AvgIpc) is 3.63. The maximum absolute atomic E-state index is 14.1. The molecule has 1 saturated carbocycles. The van der Waals surface area contributed by atoms with Crippen LogP contribution in [0.4, 0.5) is 4.79 Å². The number of allylic oxidation sites excluding steroid dienone is 1. The van der Waals surface area contributed by atoms with E-state index in [2.05, 4.69) is 35.7 Å². The van der Waals surface area contributed by atoms with Crippen LogP contribution >= 0.6 is 11.6 Å². The van der Waals surface area contributed by atoms with Crippen LogP contribution in [-0.2, 0) is 14.3 Å². The third-order valence-corrected chi connectivity index (χ3v) is 9.28. The number of likely N-dealkylation sites (tertiary alicyclic amines) is 1. The lowest BCUT2D eigenvalue weighted by Gasteiger charge is -2.41. The van der Waals surface area contributed by atoms with Crippen molar-refractivity contribution >= 4 is 34.7 Å². The van der Waals surface area contributed by atoms with E-state index in [0.29, 0.717) is 29.1 Å². The van der Waals surface area contributed by atoms with Crippen LogP contribution in [0.2, 0.25) is 5.15 Å². The fourth-order valence-electron chi connectivity index (χ4n) is 6.56. The number of amides is 1. The Hall–Kier alpha value is -3.15. The van der Waals surface area contributed by atoms with Crippen LogP contribution in [0.15, 0.2) is 30.9 Å². The van der Waals surface area contributed by atoms with Gasteiger partial charge in [-0.1, -0.05) is 52.3 Å². The number of unbranched alkanes of at least 4 members (excludes halogenated alkanes) is 1. The zero-order valence-corrected chi connectivity index (χ0v) is 31.3. The summed E-state index contributed by atoms with van der Waals surface area (Å²) in [6, 6.07) is 3.58. The molecule has 272 valence electrons. The number of nitrogens with zero attached hydrogens (tertiary/aromatic N) is 3. The number of aromatic nitrogens is 2. The van der Waals surface area contributed by atoms with Crippen LogP contribution in [0.5, 0.6) is 11.6 Å². The predicted octanol–water partition coefficient (Wildman–Crippen LogP) is 6.93. The van der Waals surface area contributed by atoms with Gasteiger partial charge in [-0.25, -0.2) is 14.8 Å². The molecule has 0 bridgehead atoms. The largest absolute Gasteiger partial charge is 0.497 e. The summed E-state index contributed by atoms with van der Waals surface area (Å²) < 4.78 is 23.6. The van der Waals surface area contributed by atoms with Crippen LogP contribution in [0.3, 0.4) is 0 Å².